The van der Waals surface area contributed by atoms with E-state index < -0.39 is 11.9 Å². The summed E-state index contributed by atoms with van der Waals surface area (Å²) in [5.41, 5.74) is 0. The number of nitrogens with zero attached hydrogens (tertiary/aromatic N) is 1. The van der Waals surface area contributed by atoms with Gasteiger partial charge in [-0.1, -0.05) is 6.92 Å². The zero-order valence-electron chi connectivity index (χ0n) is 9.56. The number of likely N-dealkylation sites (tertiary alicyclic amines) is 1. The third kappa shape index (κ3) is 3.48. The van der Waals surface area contributed by atoms with Crippen LogP contribution in [0, 0.1) is 11.8 Å². The number of amides is 1. The van der Waals surface area contributed by atoms with Crippen molar-refractivity contribution in [2.24, 2.45) is 11.8 Å². The van der Waals surface area contributed by atoms with E-state index in [1.54, 1.807) is 4.90 Å². The molecule has 5 heteroatoms. The van der Waals surface area contributed by atoms with Gasteiger partial charge in [0.15, 0.2) is 0 Å². The first-order valence-corrected chi connectivity index (χ1v) is 5.66. The highest BCUT2D eigenvalue weighted by Crippen LogP contribution is 2.18. The Bertz CT molecular complexity index is 267. The Balaban J connectivity index is 2.28. The molecule has 5 nitrogen and oxygen atoms in total. The molecule has 1 fully saturated rings. The third-order valence-corrected chi connectivity index (χ3v) is 3.00. The minimum atomic E-state index is -0.889. The first-order chi connectivity index (χ1) is 7.54. The van der Waals surface area contributed by atoms with Gasteiger partial charge < -0.3 is 15.1 Å². The molecule has 16 heavy (non-hydrogen) atoms. The van der Waals surface area contributed by atoms with E-state index >= 15 is 0 Å². The van der Waals surface area contributed by atoms with Gasteiger partial charge in [0, 0.05) is 26.1 Å². The molecule has 0 radical (unpaired) electrons. The lowest BCUT2D eigenvalue weighted by Crippen LogP contribution is -2.27. The van der Waals surface area contributed by atoms with Crippen molar-refractivity contribution >= 4 is 11.9 Å². The molecule has 1 saturated heterocycles. The largest absolute Gasteiger partial charge is 0.481 e. The summed E-state index contributed by atoms with van der Waals surface area (Å²) in [6.45, 7) is 3.05. The van der Waals surface area contributed by atoms with Gasteiger partial charge in [0.2, 0.25) is 5.91 Å². The van der Waals surface area contributed by atoms with Crippen molar-refractivity contribution in [3.63, 3.8) is 0 Å². The highest BCUT2D eigenvalue weighted by atomic mass is 16.4. The quantitative estimate of drug-likeness (QED) is 0.688. The number of aliphatic carboxylic acids is 1. The molecule has 0 aromatic carbocycles. The van der Waals surface area contributed by atoms with E-state index in [2.05, 4.69) is 0 Å². The lowest BCUT2D eigenvalue weighted by Gasteiger charge is -2.16. The number of hydrogen-bond acceptors (Lipinski definition) is 3. The minimum absolute atomic E-state index is 0.0657. The van der Waals surface area contributed by atoms with Crippen molar-refractivity contribution < 1.29 is 19.8 Å². The second-order valence-corrected chi connectivity index (χ2v) is 4.51. The number of aliphatic hydroxyl groups excluding tert-OH is 1. The van der Waals surface area contributed by atoms with Crippen molar-refractivity contribution in [1.29, 1.82) is 0 Å². The van der Waals surface area contributed by atoms with E-state index in [1.165, 1.54) is 0 Å². The number of carbonyl (C=O) groups excluding carboxylic acids is 1. The summed E-state index contributed by atoms with van der Waals surface area (Å²) in [5, 5.41) is 17.6. The van der Waals surface area contributed by atoms with Gasteiger partial charge in [0.1, 0.15) is 0 Å². The van der Waals surface area contributed by atoms with Crippen molar-refractivity contribution in [1.82, 2.24) is 4.90 Å². The fourth-order valence-corrected chi connectivity index (χ4v) is 1.88. The summed E-state index contributed by atoms with van der Waals surface area (Å²) in [7, 11) is 0. The van der Waals surface area contributed by atoms with Gasteiger partial charge in [0.05, 0.1) is 5.92 Å². The average Bonchev–Trinajstić information content (AvgIpc) is 2.60. The smallest absolute Gasteiger partial charge is 0.308 e. The molecule has 2 N–H and O–H groups in total. The fourth-order valence-electron chi connectivity index (χ4n) is 1.88. The molecule has 1 aliphatic rings. The predicted molar refractivity (Wildman–Crippen MR) is 57.8 cm³/mol. The summed E-state index contributed by atoms with van der Waals surface area (Å²) < 4.78 is 0. The minimum Gasteiger partial charge on any atom is -0.481 e. The van der Waals surface area contributed by atoms with Crippen LogP contribution in [0.1, 0.15) is 26.2 Å². The molecule has 0 aliphatic carbocycles. The molecule has 0 spiro atoms. The van der Waals surface area contributed by atoms with Crippen LogP contribution in [0.3, 0.4) is 0 Å². The Morgan fingerprint density at radius 2 is 2.31 bits per heavy atom. The Kier molecular flexibility index (Phi) is 4.73. The molecule has 1 amide bonds. The summed E-state index contributed by atoms with van der Waals surface area (Å²) in [6.07, 6.45) is 1.81. The normalized spacial score (nSPS) is 22.5. The number of aliphatic hydroxyl groups is 1. The maximum atomic E-state index is 11.4. The molecule has 2 atom stereocenters. The lowest BCUT2D eigenvalue weighted by molar-refractivity contribution is -0.141. The Labute approximate surface area is 95.1 Å². The third-order valence-electron chi connectivity index (χ3n) is 3.00. The molecule has 1 aliphatic heterocycles. The zero-order chi connectivity index (χ0) is 12.1. The second kappa shape index (κ2) is 5.84. The van der Waals surface area contributed by atoms with Gasteiger partial charge in [-0.25, -0.2) is 0 Å². The van der Waals surface area contributed by atoms with Crippen LogP contribution < -0.4 is 0 Å². The number of carboxylic acids is 1. The Morgan fingerprint density at radius 1 is 1.62 bits per heavy atom. The van der Waals surface area contributed by atoms with Crippen LogP contribution in [0.25, 0.3) is 0 Å². The fraction of sp³-hybridized carbons (Fsp3) is 0.818. The van der Waals surface area contributed by atoms with Crippen molar-refractivity contribution in [3.05, 3.63) is 0 Å². The standard InChI is InChI=1S/C11H19NO4/c1-8(7-13)3-2-4-12-6-9(11(15)16)5-10(12)14/h8-9,13H,2-7H2,1H3,(H,15,16). The molecule has 0 aromatic heterocycles. The van der Waals surface area contributed by atoms with Crippen LogP contribution in [0.2, 0.25) is 0 Å². The second-order valence-electron chi connectivity index (χ2n) is 4.51. The van der Waals surface area contributed by atoms with Crippen LogP contribution in [0.5, 0.6) is 0 Å². The molecule has 92 valence electrons. The van der Waals surface area contributed by atoms with Crippen molar-refractivity contribution in [3.8, 4) is 0 Å². The number of hydrogen-bond donors (Lipinski definition) is 2. The van der Waals surface area contributed by atoms with Gasteiger partial charge in [-0.2, -0.15) is 0 Å². The van der Waals surface area contributed by atoms with Crippen LogP contribution in [0.4, 0.5) is 0 Å². The highest BCUT2D eigenvalue weighted by Gasteiger charge is 2.33. The number of rotatable bonds is 6. The number of carboxylic acid groups (broad SMARTS) is 1. The Hall–Kier alpha value is -1.10. The Morgan fingerprint density at radius 3 is 2.81 bits per heavy atom. The maximum absolute atomic E-state index is 11.4. The van der Waals surface area contributed by atoms with Gasteiger partial charge in [-0.3, -0.25) is 9.59 Å². The van der Waals surface area contributed by atoms with E-state index in [9.17, 15) is 9.59 Å². The summed E-state index contributed by atoms with van der Waals surface area (Å²) >= 11 is 0. The van der Waals surface area contributed by atoms with Gasteiger partial charge in [-0.05, 0) is 18.8 Å². The summed E-state index contributed by atoms with van der Waals surface area (Å²) in [6, 6.07) is 0. The molecule has 0 bridgehead atoms. The van der Waals surface area contributed by atoms with Gasteiger partial charge in [-0.15, -0.1) is 0 Å². The molecule has 0 saturated carbocycles. The SMILES string of the molecule is CC(CO)CCCN1CC(C(=O)O)CC1=O. The van der Waals surface area contributed by atoms with Crippen LogP contribution in [-0.2, 0) is 9.59 Å². The monoisotopic (exact) mass is 229 g/mol. The van der Waals surface area contributed by atoms with Crippen LogP contribution in [0.15, 0.2) is 0 Å². The lowest BCUT2D eigenvalue weighted by atomic mass is 10.1. The predicted octanol–water partition coefficient (Wildman–Crippen LogP) is 0.328. The van der Waals surface area contributed by atoms with E-state index in [1.807, 2.05) is 6.92 Å². The first-order valence-electron chi connectivity index (χ1n) is 5.66. The molecule has 1 heterocycles. The molecule has 0 aromatic rings. The van der Waals surface area contributed by atoms with E-state index in [-0.39, 0.29) is 24.9 Å². The molecular formula is C11H19NO4. The molecule has 1 rings (SSSR count). The van der Waals surface area contributed by atoms with Gasteiger partial charge in [0.25, 0.3) is 0 Å². The van der Waals surface area contributed by atoms with Crippen molar-refractivity contribution in [2.45, 2.75) is 26.2 Å². The average molecular weight is 229 g/mol. The zero-order valence-corrected chi connectivity index (χ0v) is 9.56. The van der Waals surface area contributed by atoms with Crippen LogP contribution >= 0.6 is 0 Å². The molecular weight excluding hydrogens is 210 g/mol. The molecule has 2 unspecified atom stereocenters. The highest BCUT2D eigenvalue weighted by molar-refractivity contribution is 5.86. The number of carbonyl (C=O) groups is 2. The summed E-state index contributed by atoms with van der Waals surface area (Å²) in [5.74, 6) is -1.25. The summed E-state index contributed by atoms with van der Waals surface area (Å²) in [4.78, 5) is 23.8. The van der Waals surface area contributed by atoms with Crippen molar-refractivity contribution in [2.75, 3.05) is 19.7 Å². The topological polar surface area (TPSA) is 77.8 Å². The maximum Gasteiger partial charge on any atom is 0.308 e. The van der Waals surface area contributed by atoms with Crippen LogP contribution in [-0.4, -0.2) is 46.7 Å². The first kappa shape index (κ1) is 13.0. The van der Waals surface area contributed by atoms with Gasteiger partial charge >= 0.3 is 5.97 Å². The van der Waals surface area contributed by atoms with E-state index in [4.69, 9.17) is 10.2 Å². The van der Waals surface area contributed by atoms with E-state index in [0.717, 1.165) is 12.8 Å². The van der Waals surface area contributed by atoms with E-state index in [0.29, 0.717) is 13.1 Å².